The minimum Gasteiger partial charge on any atom is -0.748 e. The van der Waals surface area contributed by atoms with Crippen LogP contribution in [-0.2, 0) is 45.6 Å². The van der Waals surface area contributed by atoms with E-state index in [-0.39, 0.29) is 34.1 Å². The van der Waals surface area contributed by atoms with E-state index in [1.165, 1.54) is 11.1 Å². The molecule has 0 radical (unpaired) electrons. The van der Waals surface area contributed by atoms with Gasteiger partial charge < -0.3 is 29.8 Å². The third-order valence-corrected chi connectivity index (χ3v) is 4.19. The molecule has 0 aliphatic carbocycles. The Labute approximate surface area is 177 Å². The van der Waals surface area contributed by atoms with Crippen molar-refractivity contribution in [3.63, 3.8) is 0 Å². The quantitative estimate of drug-likeness (QED) is 0.268. The van der Waals surface area contributed by atoms with Crippen molar-refractivity contribution in [1.29, 1.82) is 0 Å². The minimum atomic E-state index is 0. The topological polar surface area (TPSA) is 0 Å². The standard InChI is InChI=1S/C12H12S.2C5H5.2Fe/c1-2-6-11(5-1)9-13-10-12-7-3-4-8-12;2*1-2-4-5-3-1;;/h1-8H,9-10H2;2*1-5H;;/q-6;2*-1;;. The average Bonchev–Trinajstić information content (AvgIpc) is 3.39. The molecule has 0 nitrogen and oxygen atoms in total. The normalized spacial score (nSPS) is 8.64. The van der Waals surface area contributed by atoms with Gasteiger partial charge in [-0.3, -0.25) is 0 Å². The van der Waals surface area contributed by atoms with Crippen molar-refractivity contribution in [2.75, 3.05) is 0 Å². The molecule has 0 N–H and O–H groups in total. The Kier molecular flexibility index (Phi) is 15.5. The van der Waals surface area contributed by atoms with Crippen LogP contribution in [0.25, 0.3) is 0 Å². The van der Waals surface area contributed by atoms with Crippen molar-refractivity contribution in [2.24, 2.45) is 0 Å². The second-order valence-electron chi connectivity index (χ2n) is 5.00. The van der Waals surface area contributed by atoms with E-state index in [0.717, 1.165) is 11.5 Å². The minimum absolute atomic E-state index is 0. The second-order valence-corrected chi connectivity index (χ2v) is 5.99. The van der Waals surface area contributed by atoms with Crippen LogP contribution in [0.15, 0.2) is 109 Å². The number of thioether (sulfide) groups is 1. The number of rotatable bonds is 4. The molecule has 0 aliphatic heterocycles. The summed E-state index contributed by atoms with van der Waals surface area (Å²) in [6, 6.07) is 37.1. The predicted molar refractivity (Wildman–Crippen MR) is 103 cm³/mol. The molecular weight excluding hydrogens is 408 g/mol. The van der Waals surface area contributed by atoms with Crippen LogP contribution in [0.3, 0.4) is 0 Å². The molecule has 0 aliphatic rings. The monoisotopic (exact) mass is 430 g/mol. The Morgan fingerprint density at radius 3 is 1.52 bits per heavy atom. The summed E-state index contributed by atoms with van der Waals surface area (Å²) in [5.74, 6) is 2.25. The van der Waals surface area contributed by atoms with Crippen LogP contribution >= 0.6 is 11.8 Å². The van der Waals surface area contributed by atoms with Gasteiger partial charge in [0.15, 0.2) is 0 Å². The van der Waals surface area contributed by atoms with E-state index in [9.17, 15) is 0 Å². The van der Waals surface area contributed by atoms with Crippen LogP contribution in [0, 0.1) is 0 Å². The first-order valence-corrected chi connectivity index (χ1v) is 8.93. The zero-order valence-corrected chi connectivity index (χ0v) is 16.9. The Morgan fingerprint density at radius 2 is 1.12 bits per heavy atom. The van der Waals surface area contributed by atoms with Gasteiger partial charge >= 0.3 is 0 Å². The van der Waals surface area contributed by atoms with Gasteiger partial charge in [-0.2, -0.15) is 54.3 Å². The predicted octanol–water partition coefficient (Wildman–Crippen LogP) is 6.36. The Morgan fingerprint density at radius 1 is 0.640 bits per heavy atom. The Balaban J connectivity index is 0.000000400. The smallest absolute Gasteiger partial charge is 0 e. The summed E-state index contributed by atoms with van der Waals surface area (Å²) in [6.45, 7) is 0. The first-order chi connectivity index (χ1) is 11.4. The fourth-order valence-corrected chi connectivity index (χ4v) is 2.91. The van der Waals surface area contributed by atoms with Gasteiger partial charge in [0.05, 0.1) is 0 Å². The summed E-state index contributed by atoms with van der Waals surface area (Å²) in [4.78, 5) is 0. The third-order valence-electron chi connectivity index (χ3n) is 3.11. The zero-order chi connectivity index (χ0) is 16.0. The summed E-state index contributed by atoms with van der Waals surface area (Å²) in [6.07, 6.45) is 0. The van der Waals surface area contributed by atoms with Crippen molar-refractivity contribution in [1.82, 2.24) is 0 Å². The first-order valence-electron chi connectivity index (χ1n) is 7.77. The molecule has 3 heteroatoms. The van der Waals surface area contributed by atoms with Crippen LogP contribution in [0.5, 0.6) is 0 Å². The largest absolute Gasteiger partial charge is 0.748 e. The molecule has 0 saturated heterocycles. The molecule has 0 spiro atoms. The summed E-state index contributed by atoms with van der Waals surface area (Å²) in [5, 5.41) is 0. The molecule has 140 valence electrons. The summed E-state index contributed by atoms with van der Waals surface area (Å²) in [5.41, 5.74) is 2.85. The fraction of sp³-hybridized carbons (Fsp3) is 0.0909. The fourth-order valence-electron chi connectivity index (χ4n) is 1.95. The van der Waals surface area contributed by atoms with Gasteiger partial charge in [0.25, 0.3) is 0 Å². The molecule has 0 atom stereocenters. The number of hydrogen-bond acceptors (Lipinski definition) is 1. The van der Waals surface area contributed by atoms with Gasteiger partial charge in [-0.25, -0.2) is 48.2 Å². The second kappa shape index (κ2) is 16.3. The van der Waals surface area contributed by atoms with Gasteiger partial charge in [-0.15, -0.1) is 5.56 Å². The molecule has 0 heterocycles. The summed E-state index contributed by atoms with van der Waals surface area (Å²) < 4.78 is 0. The van der Waals surface area contributed by atoms with E-state index in [0.29, 0.717) is 0 Å². The molecular formula is C22H22Fe2S-8. The van der Waals surface area contributed by atoms with E-state index in [4.69, 9.17) is 0 Å². The number of hydrogen-bond donors (Lipinski definition) is 0. The van der Waals surface area contributed by atoms with E-state index in [1.54, 1.807) is 0 Å². The molecule has 0 aromatic heterocycles. The van der Waals surface area contributed by atoms with Gasteiger partial charge in [-0.1, -0.05) is 0 Å². The first kappa shape index (κ1) is 23.8. The van der Waals surface area contributed by atoms with Crippen molar-refractivity contribution >= 4 is 11.8 Å². The maximum absolute atomic E-state index is 2.18. The summed E-state index contributed by atoms with van der Waals surface area (Å²) in [7, 11) is 0. The molecule has 0 fully saturated rings. The zero-order valence-electron chi connectivity index (χ0n) is 13.9. The summed E-state index contributed by atoms with van der Waals surface area (Å²) >= 11 is 1.97. The Bertz CT molecular complexity index is 553. The van der Waals surface area contributed by atoms with Gasteiger partial charge in [0, 0.05) is 34.1 Å². The Hall–Kier alpha value is -1.21. The van der Waals surface area contributed by atoms with E-state index < -0.39 is 0 Å². The third kappa shape index (κ3) is 11.9. The van der Waals surface area contributed by atoms with Crippen molar-refractivity contribution in [3.05, 3.63) is 120 Å². The van der Waals surface area contributed by atoms with Crippen LogP contribution < -0.4 is 0 Å². The van der Waals surface area contributed by atoms with Crippen molar-refractivity contribution < 1.29 is 34.1 Å². The molecule has 4 aromatic carbocycles. The maximum atomic E-state index is 2.18. The van der Waals surface area contributed by atoms with Crippen molar-refractivity contribution in [3.8, 4) is 0 Å². The molecule has 4 rings (SSSR count). The van der Waals surface area contributed by atoms with Gasteiger partial charge in [0.2, 0.25) is 0 Å². The van der Waals surface area contributed by atoms with E-state index in [1.807, 2.05) is 72.4 Å². The molecule has 4 aromatic rings. The molecule has 25 heavy (non-hydrogen) atoms. The van der Waals surface area contributed by atoms with Gasteiger partial charge in [0.1, 0.15) is 0 Å². The molecule has 0 saturated carbocycles. The van der Waals surface area contributed by atoms with Crippen LogP contribution in [0.2, 0.25) is 0 Å². The SMILES string of the molecule is [Fe].[Fe].c1cc[c-](CSC[c-]2[cH-][cH-][cH-][cH-]2)c1.c1cc[cH-]c1.c1cc[cH-]c1. The van der Waals surface area contributed by atoms with Crippen LogP contribution in [-0.4, -0.2) is 0 Å². The van der Waals surface area contributed by atoms with Crippen LogP contribution in [0.4, 0.5) is 0 Å². The molecule has 0 amide bonds. The molecule has 0 unspecified atom stereocenters. The van der Waals surface area contributed by atoms with Crippen molar-refractivity contribution in [2.45, 2.75) is 11.5 Å². The molecule has 0 bridgehead atoms. The average molecular weight is 430 g/mol. The maximum Gasteiger partial charge on any atom is 0 e. The van der Waals surface area contributed by atoms with E-state index >= 15 is 0 Å². The van der Waals surface area contributed by atoms with Crippen LogP contribution in [0.1, 0.15) is 11.1 Å². The van der Waals surface area contributed by atoms with E-state index in [2.05, 4.69) is 48.5 Å². The van der Waals surface area contributed by atoms with Gasteiger partial charge in [-0.05, 0) is 5.75 Å².